The van der Waals surface area contributed by atoms with Gasteiger partial charge >= 0.3 is 0 Å². The minimum Gasteiger partial charge on any atom is -0.328 e. The maximum atomic E-state index is 9.26. The van der Waals surface area contributed by atoms with Crippen LogP contribution in [0.15, 0.2) is 12.5 Å². The molecule has 0 spiro atoms. The molecule has 1 fully saturated rings. The second kappa shape index (κ2) is 4.63. The van der Waals surface area contributed by atoms with E-state index in [0.29, 0.717) is 11.6 Å². The lowest BCUT2D eigenvalue weighted by atomic mass is 9.91. The predicted octanol–water partition coefficient (Wildman–Crippen LogP) is 2.05. The lowest BCUT2D eigenvalue weighted by molar-refractivity contribution is 0.325. The summed E-state index contributed by atoms with van der Waals surface area (Å²) in [5.74, 6) is 0. The fourth-order valence-electron chi connectivity index (χ4n) is 2.99. The molecule has 1 aliphatic rings. The fraction of sp³-hybridized carbons (Fsp3) is 0.500. The number of imidazole rings is 1. The van der Waals surface area contributed by atoms with Crippen LogP contribution in [-0.4, -0.2) is 20.6 Å². The maximum absolute atomic E-state index is 9.26. The molecule has 0 saturated heterocycles. The number of hydrogen-bond donors (Lipinski definition) is 1. The molecule has 0 radical (unpaired) electrons. The Balaban J connectivity index is 2.14. The van der Waals surface area contributed by atoms with Crippen molar-refractivity contribution in [3.05, 3.63) is 23.8 Å². The van der Waals surface area contributed by atoms with E-state index in [-0.39, 0.29) is 6.04 Å². The summed E-state index contributed by atoms with van der Waals surface area (Å²) in [4.78, 5) is 8.66. The van der Waals surface area contributed by atoms with Crippen molar-refractivity contribution in [1.82, 2.24) is 14.5 Å². The Morgan fingerprint density at radius 3 is 3.00 bits per heavy atom. The summed E-state index contributed by atoms with van der Waals surface area (Å²) in [5, 5.41) is 9.26. The minimum atomic E-state index is 0.254. The third kappa shape index (κ3) is 1.98. The van der Waals surface area contributed by atoms with Crippen molar-refractivity contribution in [3.8, 4) is 6.07 Å². The molecular formula is C14H17N5. The first-order valence-corrected chi connectivity index (χ1v) is 6.68. The first-order chi connectivity index (χ1) is 9.20. The molecular weight excluding hydrogens is 238 g/mol. The predicted molar refractivity (Wildman–Crippen MR) is 72.5 cm³/mol. The van der Waals surface area contributed by atoms with Gasteiger partial charge in [-0.25, -0.2) is 4.98 Å². The molecule has 2 aromatic heterocycles. The topological polar surface area (TPSA) is 80.5 Å². The van der Waals surface area contributed by atoms with Gasteiger partial charge in [-0.3, -0.25) is 4.98 Å². The second-order valence-electron chi connectivity index (χ2n) is 5.30. The summed E-state index contributed by atoms with van der Waals surface area (Å²) < 4.78 is 2.13. The van der Waals surface area contributed by atoms with Gasteiger partial charge in [0.05, 0.1) is 23.1 Å². The molecule has 5 heteroatoms. The zero-order valence-corrected chi connectivity index (χ0v) is 11.0. The highest BCUT2D eigenvalue weighted by Crippen LogP contribution is 2.31. The number of pyridine rings is 1. The molecule has 0 bridgehead atoms. The number of fused-ring (bicyclic) bond motifs is 1. The molecule has 2 N–H and O–H groups in total. The highest BCUT2D eigenvalue weighted by Gasteiger charge is 2.23. The van der Waals surface area contributed by atoms with E-state index in [0.717, 1.165) is 42.4 Å². The molecule has 3 rings (SSSR count). The van der Waals surface area contributed by atoms with E-state index in [1.165, 1.54) is 0 Å². The highest BCUT2D eigenvalue weighted by atomic mass is 15.1. The van der Waals surface area contributed by atoms with Gasteiger partial charge < -0.3 is 10.3 Å². The molecule has 0 aliphatic heterocycles. The third-order valence-electron chi connectivity index (χ3n) is 3.98. The summed E-state index contributed by atoms with van der Waals surface area (Å²) in [6, 6.07) is 2.82. The van der Waals surface area contributed by atoms with Gasteiger partial charge in [0.25, 0.3) is 0 Å². The van der Waals surface area contributed by atoms with E-state index >= 15 is 0 Å². The van der Waals surface area contributed by atoms with Crippen LogP contribution in [0.4, 0.5) is 0 Å². The lowest BCUT2D eigenvalue weighted by Gasteiger charge is -2.28. The summed E-state index contributed by atoms with van der Waals surface area (Å²) in [6.07, 6.45) is 7.76. The standard InChI is InChI=1S/C14H17N5/c1-9-13-14(10(6-15)7-17-9)19(8-18-13)12-4-2-3-11(16)5-12/h7-8,11-12H,2-5,16H2,1H3/t11-,12+/m1/s1. The Bertz CT molecular complexity index is 652. The number of hydrogen-bond acceptors (Lipinski definition) is 4. The Hall–Kier alpha value is -1.93. The van der Waals surface area contributed by atoms with Crippen LogP contribution in [0.25, 0.3) is 11.0 Å². The van der Waals surface area contributed by atoms with Gasteiger partial charge in [-0.15, -0.1) is 0 Å². The molecule has 1 saturated carbocycles. The molecule has 0 unspecified atom stereocenters. The SMILES string of the molecule is Cc1ncc(C#N)c2c1ncn2[C@H]1CCC[C@@H](N)C1. The Labute approximate surface area is 112 Å². The van der Waals surface area contributed by atoms with E-state index in [1.54, 1.807) is 6.20 Å². The van der Waals surface area contributed by atoms with Crippen LogP contribution in [0.5, 0.6) is 0 Å². The first-order valence-electron chi connectivity index (χ1n) is 6.68. The van der Waals surface area contributed by atoms with Crippen LogP contribution in [0.3, 0.4) is 0 Å². The van der Waals surface area contributed by atoms with E-state index in [1.807, 2.05) is 13.3 Å². The number of nitriles is 1. The lowest BCUT2D eigenvalue weighted by Crippen LogP contribution is -2.29. The Morgan fingerprint density at radius 1 is 1.42 bits per heavy atom. The number of nitrogens with two attached hydrogens (primary N) is 1. The van der Waals surface area contributed by atoms with Gasteiger partial charge in [0.2, 0.25) is 0 Å². The Morgan fingerprint density at radius 2 is 2.26 bits per heavy atom. The zero-order chi connectivity index (χ0) is 13.4. The van der Waals surface area contributed by atoms with Gasteiger partial charge in [0, 0.05) is 18.3 Å². The second-order valence-corrected chi connectivity index (χ2v) is 5.30. The van der Waals surface area contributed by atoms with Crippen molar-refractivity contribution in [2.45, 2.75) is 44.7 Å². The van der Waals surface area contributed by atoms with E-state index in [4.69, 9.17) is 5.73 Å². The number of nitrogens with zero attached hydrogens (tertiary/aromatic N) is 4. The van der Waals surface area contributed by atoms with E-state index in [2.05, 4.69) is 20.6 Å². The van der Waals surface area contributed by atoms with Crippen LogP contribution in [0.2, 0.25) is 0 Å². The maximum Gasteiger partial charge on any atom is 0.111 e. The molecule has 5 nitrogen and oxygen atoms in total. The number of rotatable bonds is 1. The summed E-state index contributed by atoms with van der Waals surface area (Å²) in [5.41, 5.74) is 9.27. The summed E-state index contributed by atoms with van der Waals surface area (Å²) in [6.45, 7) is 1.92. The average Bonchev–Trinajstić information content (AvgIpc) is 2.85. The van der Waals surface area contributed by atoms with Gasteiger partial charge in [0.1, 0.15) is 11.6 Å². The van der Waals surface area contributed by atoms with Crippen molar-refractivity contribution in [1.29, 1.82) is 5.26 Å². The van der Waals surface area contributed by atoms with Crippen LogP contribution in [0.1, 0.15) is 43.0 Å². The van der Waals surface area contributed by atoms with Crippen LogP contribution >= 0.6 is 0 Å². The van der Waals surface area contributed by atoms with Gasteiger partial charge in [-0.05, 0) is 32.6 Å². The number of aromatic nitrogens is 3. The quantitative estimate of drug-likeness (QED) is 0.845. The fourth-order valence-corrected chi connectivity index (χ4v) is 2.99. The minimum absolute atomic E-state index is 0.254. The first kappa shape index (κ1) is 12.1. The molecule has 19 heavy (non-hydrogen) atoms. The van der Waals surface area contributed by atoms with Gasteiger partial charge in [-0.2, -0.15) is 5.26 Å². The van der Waals surface area contributed by atoms with Crippen molar-refractivity contribution in [3.63, 3.8) is 0 Å². The molecule has 2 heterocycles. The zero-order valence-electron chi connectivity index (χ0n) is 11.0. The van der Waals surface area contributed by atoms with Gasteiger partial charge in [-0.1, -0.05) is 0 Å². The largest absolute Gasteiger partial charge is 0.328 e. The van der Waals surface area contributed by atoms with Crippen molar-refractivity contribution >= 4 is 11.0 Å². The molecule has 2 atom stereocenters. The third-order valence-corrected chi connectivity index (χ3v) is 3.98. The number of aryl methyl sites for hydroxylation is 1. The monoisotopic (exact) mass is 255 g/mol. The summed E-state index contributed by atoms with van der Waals surface area (Å²) in [7, 11) is 0. The normalized spacial score (nSPS) is 23.4. The smallest absolute Gasteiger partial charge is 0.111 e. The van der Waals surface area contributed by atoms with E-state index < -0.39 is 0 Å². The molecule has 0 amide bonds. The highest BCUT2D eigenvalue weighted by molar-refractivity contribution is 5.83. The van der Waals surface area contributed by atoms with Crippen LogP contribution in [0, 0.1) is 18.3 Å². The van der Waals surface area contributed by atoms with Crippen LogP contribution < -0.4 is 5.73 Å². The molecule has 2 aromatic rings. The van der Waals surface area contributed by atoms with Crippen molar-refractivity contribution < 1.29 is 0 Å². The van der Waals surface area contributed by atoms with E-state index in [9.17, 15) is 5.26 Å². The average molecular weight is 255 g/mol. The van der Waals surface area contributed by atoms with Crippen molar-refractivity contribution in [2.75, 3.05) is 0 Å². The summed E-state index contributed by atoms with van der Waals surface area (Å²) >= 11 is 0. The molecule has 1 aliphatic carbocycles. The molecule has 0 aromatic carbocycles. The van der Waals surface area contributed by atoms with Crippen molar-refractivity contribution in [2.24, 2.45) is 5.73 Å². The van der Waals surface area contributed by atoms with Crippen LogP contribution in [-0.2, 0) is 0 Å². The Kier molecular flexibility index (Phi) is 2.96. The molecule has 98 valence electrons. The van der Waals surface area contributed by atoms with Gasteiger partial charge in [0.15, 0.2) is 0 Å².